The highest BCUT2D eigenvalue weighted by atomic mass is 19.1. The molecule has 1 rings (SSSR count). The lowest BCUT2D eigenvalue weighted by atomic mass is 10.2. The van der Waals surface area contributed by atoms with E-state index in [9.17, 15) is 4.39 Å². The topological polar surface area (TPSA) is 39.1 Å². The van der Waals surface area contributed by atoms with Crippen molar-refractivity contribution >= 4 is 5.69 Å². The van der Waals surface area contributed by atoms with Crippen molar-refractivity contribution in [3.8, 4) is 6.07 Å². The van der Waals surface area contributed by atoms with E-state index in [2.05, 4.69) is 24.1 Å². The zero-order valence-corrected chi connectivity index (χ0v) is 11.0. The van der Waals surface area contributed by atoms with Gasteiger partial charge in [-0.15, -0.1) is 0 Å². The van der Waals surface area contributed by atoms with Crippen LogP contribution >= 0.6 is 0 Å². The first-order valence-corrected chi connectivity index (χ1v) is 6.37. The largest absolute Gasteiger partial charge is 0.383 e. The van der Waals surface area contributed by atoms with Gasteiger partial charge in [0.25, 0.3) is 0 Å². The Bertz CT molecular complexity index is 412. The van der Waals surface area contributed by atoms with Gasteiger partial charge in [0.1, 0.15) is 11.9 Å². The SMILES string of the molecule is CCCN(CC)CCNc1ccc(F)cc1C#N. The molecule has 0 amide bonds. The van der Waals surface area contributed by atoms with Crippen LogP contribution < -0.4 is 5.32 Å². The molecule has 1 aromatic rings. The molecule has 0 aliphatic heterocycles. The fraction of sp³-hybridized carbons (Fsp3) is 0.500. The lowest BCUT2D eigenvalue weighted by molar-refractivity contribution is 0.300. The van der Waals surface area contributed by atoms with E-state index in [0.717, 1.165) is 32.6 Å². The van der Waals surface area contributed by atoms with Gasteiger partial charge in [-0.05, 0) is 37.7 Å². The van der Waals surface area contributed by atoms with Crippen molar-refractivity contribution in [3.63, 3.8) is 0 Å². The minimum Gasteiger partial charge on any atom is -0.383 e. The van der Waals surface area contributed by atoms with Gasteiger partial charge in [0.2, 0.25) is 0 Å². The number of hydrogen-bond acceptors (Lipinski definition) is 3. The molecule has 0 saturated heterocycles. The van der Waals surface area contributed by atoms with E-state index in [4.69, 9.17) is 5.26 Å². The van der Waals surface area contributed by atoms with Gasteiger partial charge in [0.05, 0.1) is 11.3 Å². The fourth-order valence-corrected chi connectivity index (χ4v) is 1.86. The molecule has 0 unspecified atom stereocenters. The molecule has 18 heavy (non-hydrogen) atoms. The normalized spacial score (nSPS) is 10.4. The minimum atomic E-state index is -0.377. The molecule has 1 aromatic carbocycles. The molecule has 0 aliphatic rings. The second-order valence-corrected chi connectivity index (χ2v) is 4.16. The second kappa shape index (κ2) is 7.67. The first-order chi connectivity index (χ1) is 8.71. The van der Waals surface area contributed by atoms with Crippen LogP contribution in [0, 0.1) is 17.1 Å². The molecule has 0 saturated carbocycles. The van der Waals surface area contributed by atoms with E-state index >= 15 is 0 Å². The monoisotopic (exact) mass is 249 g/mol. The molecule has 0 spiro atoms. The number of nitriles is 1. The Labute approximate surface area is 108 Å². The Morgan fingerprint density at radius 2 is 2.11 bits per heavy atom. The highest BCUT2D eigenvalue weighted by molar-refractivity contribution is 5.57. The van der Waals surface area contributed by atoms with Crippen LogP contribution in [-0.4, -0.2) is 31.1 Å². The number of rotatable bonds is 7. The number of nitrogens with one attached hydrogen (secondary N) is 1. The molecule has 0 heterocycles. The smallest absolute Gasteiger partial charge is 0.124 e. The molecule has 1 N–H and O–H groups in total. The summed E-state index contributed by atoms with van der Waals surface area (Å²) >= 11 is 0. The second-order valence-electron chi connectivity index (χ2n) is 4.16. The van der Waals surface area contributed by atoms with Crippen molar-refractivity contribution in [1.82, 2.24) is 4.90 Å². The first-order valence-electron chi connectivity index (χ1n) is 6.37. The van der Waals surface area contributed by atoms with Gasteiger partial charge >= 0.3 is 0 Å². The summed E-state index contributed by atoms with van der Waals surface area (Å²) in [5, 5.41) is 12.1. The highest BCUT2D eigenvalue weighted by Crippen LogP contribution is 2.15. The Hall–Kier alpha value is -1.60. The average molecular weight is 249 g/mol. The quantitative estimate of drug-likeness (QED) is 0.807. The molecule has 3 nitrogen and oxygen atoms in total. The van der Waals surface area contributed by atoms with E-state index < -0.39 is 0 Å². The van der Waals surface area contributed by atoms with E-state index in [1.807, 2.05) is 6.07 Å². The van der Waals surface area contributed by atoms with Crippen LogP contribution in [0.4, 0.5) is 10.1 Å². The first kappa shape index (κ1) is 14.5. The van der Waals surface area contributed by atoms with Gasteiger partial charge in [0, 0.05) is 13.1 Å². The number of likely N-dealkylation sites (N-methyl/N-ethyl adjacent to an activating group) is 1. The number of anilines is 1. The van der Waals surface area contributed by atoms with Gasteiger partial charge < -0.3 is 10.2 Å². The summed E-state index contributed by atoms with van der Waals surface area (Å²) in [6, 6.07) is 6.24. The highest BCUT2D eigenvalue weighted by Gasteiger charge is 2.04. The standard InChI is InChI=1S/C14H20FN3/c1-3-8-18(4-2)9-7-17-14-6-5-13(15)10-12(14)11-16/h5-6,10,17H,3-4,7-9H2,1-2H3. The van der Waals surface area contributed by atoms with E-state index in [-0.39, 0.29) is 5.82 Å². The zero-order valence-electron chi connectivity index (χ0n) is 11.0. The summed E-state index contributed by atoms with van der Waals surface area (Å²) in [4.78, 5) is 2.34. The maximum absolute atomic E-state index is 13.0. The van der Waals surface area contributed by atoms with Crippen LogP contribution in [0.25, 0.3) is 0 Å². The van der Waals surface area contributed by atoms with Gasteiger partial charge in [-0.1, -0.05) is 13.8 Å². The summed E-state index contributed by atoms with van der Waals surface area (Å²) in [5.41, 5.74) is 1.06. The summed E-state index contributed by atoms with van der Waals surface area (Å²) in [7, 11) is 0. The maximum atomic E-state index is 13.0. The van der Waals surface area contributed by atoms with Gasteiger partial charge in [0.15, 0.2) is 0 Å². The molecule has 98 valence electrons. The maximum Gasteiger partial charge on any atom is 0.124 e. The van der Waals surface area contributed by atoms with E-state index in [1.54, 1.807) is 6.07 Å². The predicted octanol–water partition coefficient (Wildman–Crippen LogP) is 2.84. The summed E-state index contributed by atoms with van der Waals surface area (Å²) in [6.07, 6.45) is 1.13. The third-order valence-electron chi connectivity index (χ3n) is 2.83. The Morgan fingerprint density at radius 3 is 2.72 bits per heavy atom. The number of benzene rings is 1. The van der Waals surface area contributed by atoms with Crippen molar-refractivity contribution in [2.45, 2.75) is 20.3 Å². The van der Waals surface area contributed by atoms with Crippen LogP contribution in [0.15, 0.2) is 18.2 Å². The molecule has 0 radical (unpaired) electrons. The van der Waals surface area contributed by atoms with E-state index in [0.29, 0.717) is 11.3 Å². The third kappa shape index (κ3) is 4.34. The van der Waals surface area contributed by atoms with Crippen LogP contribution in [0.2, 0.25) is 0 Å². The van der Waals surface area contributed by atoms with Gasteiger partial charge in [-0.25, -0.2) is 4.39 Å². The van der Waals surface area contributed by atoms with Crippen molar-refractivity contribution in [1.29, 1.82) is 5.26 Å². The molecular formula is C14H20FN3. The lowest BCUT2D eigenvalue weighted by Crippen LogP contribution is -2.29. The van der Waals surface area contributed by atoms with Crippen molar-refractivity contribution in [3.05, 3.63) is 29.6 Å². The molecule has 0 aliphatic carbocycles. The van der Waals surface area contributed by atoms with Gasteiger partial charge in [-0.3, -0.25) is 0 Å². The fourth-order valence-electron chi connectivity index (χ4n) is 1.86. The minimum absolute atomic E-state index is 0.355. The van der Waals surface area contributed by atoms with E-state index in [1.165, 1.54) is 12.1 Å². The molecule has 0 fully saturated rings. The zero-order chi connectivity index (χ0) is 13.4. The van der Waals surface area contributed by atoms with Gasteiger partial charge in [-0.2, -0.15) is 5.26 Å². The number of nitrogens with zero attached hydrogens (tertiary/aromatic N) is 2. The van der Waals surface area contributed by atoms with Crippen molar-refractivity contribution < 1.29 is 4.39 Å². The Kier molecular flexibility index (Phi) is 6.16. The third-order valence-corrected chi connectivity index (χ3v) is 2.83. The predicted molar refractivity (Wildman–Crippen MR) is 72.0 cm³/mol. The van der Waals surface area contributed by atoms with Crippen molar-refractivity contribution in [2.75, 3.05) is 31.5 Å². The summed E-state index contributed by atoms with van der Waals surface area (Å²) < 4.78 is 13.0. The van der Waals surface area contributed by atoms with Crippen LogP contribution in [0.5, 0.6) is 0 Å². The molecular weight excluding hydrogens is 229 g/mol. The van der Waals surface area contributed by atoms with Crippen molar-refractivity contribution in [2.24, 2.45) is 0 Å². The van der Waals surface area contributed by atoms with Crippen LogP contribution in [0.1, 0.15) is 25.8 Å². The molecule has 4 heteroatoms. The number of hydrogen-bond donors (Lipinski definition) is 1. The van der Waals surface area contributed by atoms with Crippen LogP contribution in [0.3, 0.4) is 0 Å². The molecule has 0 atom stereocenters. The number of halogens is 1. The molecule has 0 aromatic heterocycles. The summed E-state index contributed by atoms with van der Waals surface area (Å²) in [6.45, 7) is 8.07. The lowest BCUT2D eigenvalue weighted by Gasteiger charge is -2.20. The Morgan fingerprint density at radius 1 is 1.33 bits per heavy atom. The molecule has 0 bridgehead atoms. The Balaban J connectivity index is 2.51. The average Bonchev–Trinajstić information content (AvgIpc) is 2.39. The summed E-state index contributed by atoms with van der Waals surface area (Å²) in [5.74, 6) is -0.377. The van der Waals surface area contributed by atoms with Crippen LogP contribution in [-0.2, 0) is 0 Å².